The van der Waals surface area contributed by atoms with Crippen LogP contribution in [0.25, 0.3) is 21.3 Å². The summed E-state index contributed by atoms with van der Waals surface area (Å²) in [5, 5.41) is 5.33. The minimum atomic E-state index is -0.140. The molecule has 4 rings (SSSR count). The minimum Gasteiger partial charge on any atom is -0.325 e. The smallest absolute Gasteiger partial charge is 0.271 e. The Bertz CT molecular complexity index is 1180. The van der Waals surface area contributed by atoms with Crippen LogP contribution in [0.1, 0.15) is 0 Å². The molecule has 0 unspecified atom stereocenters. The quantitative estimate of drug-likeness (QED) is 0.394. The fourth-order valence-corrected chi connectivity index (χ4v) is 4.58. The largest absolute Gasteiger partial charge is 0.325 e. The van der Waals surface area contributed by atoms with Crippen LogP contribution in [0, 0.1) is 0 Å². The van der Waals surface area contributed by atoms with Crippen molar-refractivity contribution in [1.82, 2.24) is 9.55 Å². The molecule has 28 heavy (non-hydrogen) atoms. The third-order valence-electron chi connectivity index (χ3n) is 4.23. The second kappa shape index (κ2) is 8.00. The van der Waals surface area contributed by atoms with Gasteiger partial charge in [-0.05, 0) is 17.7 Å². The topological polar surface area (TPSA) is 64.0 Å². The maximum Gasteiger partial charge on any atom is 0.271 e. The highest BCUT2D eigenvalue weighted by molar-refractivity contribution is 7.99. The summed E-state index contributed by atoms with van der Waals surface area (Å²) in [6.45, 7) is 0. The Balaban J connectivity index is 1.61. The SMILES string of the molecule is Cn1c(SCC(=O)Nc2ccccc2)nc2c(-c3ccccc3)csc2c1=O. The lowest BCUT2D eigenvalue weighted by Crippen LogP contribution is -2.20. The summed E-state index contributed by atoms with van der Waals surface area (Å²) in [6.07, 6.45) is 0. The summed E-state index contributed by atoms with van der Waals surface area (Å²) in [7, 11) is 1.69. The van der Waals surface area contributed by atoms with Crippen LogP contribution in [0.15, 0.2) is 76.0 Å². The summed E-state index contributed by atoms with van der Waals surface area (Å²) in [5.74, 6) is 0.0324. The molecule has 0 spiro atoms. The molecule has 0 saturated carbocycles. The molecular formula is C21H17N3O2S2. The third kappa shape index (κ3) is 3.72. The molecule has 0 aliphatic rings. The van der Waals surface area contributed by atoms with Crippen molar-refractivity contribution >= 4 is 44.9 Å². The lowest BCUT2D eigenvalue weighted by molar-refractivity contribution is -0.113. The predicted octanol–water partition coefficient (Wildman–Crippen LogP) is 4.39. The molecule has 7 heteroatoms. The van der Waals surface area contributed by atoms with Crippen LogP contribution in [-0.2, 0) is 11.8 Å². The van der Waals surface area contributed by atoms with Crippen molar-refractivity contribution in [3.63, 3.8) is 0 Å². The molecule has 0 aliphatic heterocycles. The number of benzene rings is 2. The first-order chi connectivity index (χ1) is 13.6. The number of nitrogens with one attached hydrogen (secondary N) is 1. The zero-order valence-electron chi connectivity index (χ0n) is 15.1. The second-order valence-electron chi connectivity index (χ2n) is 6.15. The van der Waals surface area contributed by atoms with Crippen LogP contribution in [0.4, 0.5) is 5.69 Å². The van der Waals surface area contributed by atoms with E-state index in [-0.39, 0.29) is 17.2 Å². The number of hydrogen-bond donors (Lipinski definition) is 1. The third-order valence-corrected chi connectivity index (χ3v) is 6.22. The molecule has 2 aromatic heterocycles. The van der Waals surface area contributed by atoms with Gasteiger partial charge in [-0.25, -0.2) is 4.98 Å². The van der Waals surface area contributed by atoms with E-state index in [0.29, 0.717) is 15.4 Å². The minimum absolute atomic E-state index is 0.0943. The molecule has 0 saturated heterocycles. The second-order valence-corrected chi connectivity index (χ2v) is 7.98. The Hall–Kier alpha value is -2.90. The molecular weight excluding hydrogens is 390 g/mol. The number of hydrogen-bond acceptors (Lipinski definition) is 5. The summed E-state index contributed by atoms with van der Waals surface area (Å²) >= 11 is 2.66. The summed E-state index contributed by atoms with van der Waals surface area (Å²) < 4.78 is 2.13. The number of fused-ring (bicyclic) bond motifs is 1. The van der Waals surface area contributed by atoms with Gasteiger partial charge >= 0.3 is 0 Å². The maximum atomic E-state index is 12.7. The molecule has 1 amide bonds. The van der Waals surface area contributed by atoms with Crippen molar-refractivity contribution in [1.29, 1.82) is 0 Å². The van der Waals surface area contributed by atoms with Gasteiger partial charge in [0.2, 0.25) is 5.91 Å². The van der Waals surface area contributed by atoms with E-state index in [4.69, 9.17) is 4.98 Å². The lowest BCUT2D eigenvalue weighted by atomic mass is 10.1. The van der Waals surface area contributed by atoms with Crippen molar-refractivity contribution in [2.75, 3.05) is 11.1 Å². The van der Waals surface area contributed by atoms with Crippen LogP contribution in [0.2, 0.25) is 0 Å². The predicted molar refractivity (Wildman–Crippen MR) is 116 cm³/mol. The van der Waals surface area contributed by atoms with E-state index in [1.807, 2.05) is 66.0 Å². The molecule has 2 aromatic carbocycles. The Labute approximate surface area is 170 Å². The fraction of sp³-hybridized carbons (Fsp3) is 0.0952. The summed E-state index contributed by atoms with van der Waals surface area (Å²) in [5.41, 5.74) is 3.30. The van der Waals surface area contributed by atoms with E-state index in [0.717, 1.165) is 16.8 Å². The molecule has 0 radical (unpaired) electrons. The molecule has 5 nitrogen and oxygen atoms in total. The number of thiophene rings is 1. The fourth-order valence-electron chi connectivity index (χ4n) is 2.82. The van der Waals surface area contributed by atoms with Gasteiger partial charge in [-0.3, -0.25) is 14.2 Å². The Kier molecular flexibility index (Phi) is 5.27. The average molecular weight is 408 g/mol. The van der Waals surface area contributed by atoms with E-state index in [2.05, 4.69) is 5.32 Å². The summed E-state index contributed by atoms with van der Waals surface area (Å²) in [4.78, 5) is 29.7. The number of aromatic nitrogens is 2. The number of rotatable bonds is 5. The van der Waals surface area contributed by atoms with Gasteiger partial charge < -0.3 is 5.32 Å². The number of thioether (sulfide) groups is 1. The zero-order chi connectivity index (χ0) is 19.5. The van der Waals surface area contributed by atoms with Crippen LogP contribution >= 0.6 is 23.1 Å². The van der Waals surface area contributed by atoms with Crippen LogP contribution in [0.5, 0.6) is 0 Å². The standard InChI is InChI=1S/C21H17N3O2S2/c1-24-20(26)19-18(16(12-27-19)14-8-4-2-5-9-14)23-21(24)28-13-17(25)22-15-10-6-3-7-11-15/h2-12H,13H2,1H3,(H,22,25). The molecule has 1 N–H and O–H groups in total. The zero-order valence-corrected chi connectivity index (χ0v) is 16.7. The van der Waals surface area contributed by atoms with E-state index in [9.17, 15) is 9.59 Å². The highest BCUT2D eigenvalue weighted by Crippen LogP contribution is 2.32. The van der Waals surface area contributed by atoms with E-state index >= 15 is 0 Å². The van der Waals surface area contributed by atoms with Crippen molar-refractivity contribution in [2.24, 2.45) is 7.05 Å². The van der Waals surface area contributed by atoms with Gasteiger partial charge in [-0.1, -0.05) is 60.3 Å². The van der Waals surface area contributed by atoms with Crippen LogP contribution < -0.4 is 10.9 Å². The molecule has 0 aliphatic carbocycles. The molecule has 140 valence electrons. The van der Waals surface area contributed by atoms with Crippen molar-refractivity contribution < 1.29 is 4.79 Å². The first-order valence-electron chi connectivity index (χ1n) is 8.65. The number of nitrogens with zero attached hydrogens (tertiary/aromatic N) is 2. The van der Waals surface area contributed by atoms with Crippen molar-refractivity contribution in [3.8, 4) is 11.1 Å². The molecule has 0 atom stereocenters. The number of amides is 1. The molecule has 0 bridgehead atoms. The first-order valence-corrected chi connectivity index (χ1v) is 10.5. The highest BCUT2D eigenvalue weighted by Gasteiger charge is 2.16. The summed E-state index contributed by atoms with van der Waals surface area (Å²) in [6, 6.07) is 19.2. The molecule has 4 aromatic rings. The van der Waals surface area contributed by atoms with Gasteiger partial charge in [0, 0.05) is 23.7 Å². The maximum absolute atomic E-state index is 12.7. The molecule has 0 fully saturated rings. The number of anilines is 1. The van der Waals surface area contributed by atoms with Gasteiger partial charge in [0.05, 0.1) is 11.3 Å². The lowest BCUT2D eigenvalue weighted by Gasteiger charge is -2.08. The first kappa shape index (κ1) is 18.5. The highest BCUT2D eigenvalue weighted by atomic mass is 32.2. The van der Waals surface area contributed by atoms with Gasteiger partial charge in [-0.15, -0.1) is 11.3 Å². The monoisotopic (exact) mass is 407 g/mol. The number of para-hydroxylation sites is 1. The van der Waals surface area contributed by atoms with Crippen molar-refractivity contribution in [2.45, 2.75) is 5.16 Å². The number of carbonyl (C=O) groups excluding carboxylic acids is 1. The van der Waals surface area contributed by atoms with Gasteiger partial charge in [0.25, 0.3) is 5.56 Å². The van der Waals surface area contributed by atoms with Gasteiger partial charge in [-0.2, -0.15) is 0 Å². The Morgan fingerprint density at radius 3 is 2.50 bits per heavy atom. The average Bonchev–Trinajstić information content (AvgIpc) is 3.15. The van der Waals surface area contributed by atoms with Gasteiger partial charge in [0.1, 0.15) is 4.70 Å². The van der Waals surface area contributed by atoms with Crippen LogP contribution in [0.3, 0.4) is 0 Å². The van der Waals surface area contributed by atoms with E-state index in [1.165, 1.54) is 27.7 Å². The Morgan fingerprint density at radius 2 is 1.79 bits per heavy atom. The van der Waals surface area contributed by atoms with Crippen molar-refractivity contribution in [3.05, 3.63) is 76.4 Å². The van der Waals surface area contributed by atoms with E-state index < -0.39 is 0 Å². The Morgan fingerprint density at radius 1 is 1.11 bits per heavy atom. The van der Waals surface area contributed by atoms with Gasteiger partial charge in [0.15, 0.2) is 5.16 Å². The molecule has 2 heterocycles. The normalized spacial score (nSPS) is 10.9. The van der Waals surface area contributed by atoms with E-state index in [1.54, 1.807) is 7.05 Å². The van der Waals surface area contributed by atoms with Crippen LogP contribution in [-0.4, -0.2) is 21.2 Å². The number of carbonyl (C=O) groups is 1.